The lowest BCUT2D eigenvalue weighted by Crippen LogP contribution is -2.44. The summed E-state index contributed by atoms with van der Waals surface area (Å²) in [6.45, 7) is 6.73. The Kier molecular flexibility index (Phi) is 7.02. The smallest absolute Gasteiger partial charge is 0.237 e. The number of ether oxygens (including phenoxy) is 1. The summed E-state index contributed by atoms with van der Waals surface area (Å²) in [5.74, 6) is 1.20. The lowest BCUT2D eigenvalue weighted by molar-refractivity contribution is -0.123. The van der Waals surface area contributed by atoms with Gasteiger partial charge in [-0.3, -0.25) is 10.1 Å². The van der Waals surface area contributed by atoms with Gasteiger partial charge in [0.25, 0.3) is 0 Å². The highest BCUT2D eigenvalue weighted by molar-refractivity contribution is 5.81. The number of benzene rings is 2. The molecule has 0 bridgehead atoms. The molecule has 0 saturated carbocycles. The van der Waals surface area contributed by atoms with Gasteiger partial charge in [0.2, 0.25) is 5.91 Å². The summed E-state index contributed by atoms with van der Waals surface area (Å²) < 4.78 is 5.14. The summed E-state index contributed by atoms with van der Waals surface area (Å²) >= 11 is 0. The first-order valence-electron chi connectivity index (χ1n) is 8.73. The van der Waals surface area contributed by atoms with Crippen molar-refractivity contribution in [3.8, 4) is 5.75 Å². The SMILES string of the molecule is COc1ccc(CNC(=O)[C@H](C)N[C@H](c2ccccc2)C(C)C)cc1. The second-order valence-corrected chi connectivity index (χ2v) is 6.59. The molecule has 2 atom stereocenters. The highest BCUT2D eigenvalue weighted by Gasteiger charge is 2.21. The molecule has 25 heavy (non-hydrogen) atoms. The molecule has 0 heterocycles. The first-order chi connectivity index (χ1) is 12.0. The van der Waals surface area contributed by atoms with Gasteiger partial charge in [0.05, 0.1) is 13.2 Å². The lowest BCUT2D eigenvalue weighted by atomic mass is 9.95. The molecule has 0 aliphatic carbocycles. The summed E-state index contributed by atoms with van der Waals surface area (Å²) in [7, 11) is 1.64. The summed E-state index contributed by atoms with van der Waals surface area (Å²) in [6, 6.07) is 17.8. The molecular weight excluding hydrogens is 312 g/mol. The van der Waals surface area contributed by atoms with Gasteiger partial charge in [0.1, 0.15) is 5.75 Å². The summed E-state index contributed by atoms with van der Waals surface area (Å²) in [4.78, 5) is 12.4. The maximum atomic E-state index is 12.4. The van der Waals surface area contributed by atoms with Crippen LogP contribution in [0.2, 0.25) is 0 Å². The number of methoxy groups -OCH3 is 1. The van der Waals surface area contributed by atoms with E-state index in [0.717, 1.165) is 11.3 Å². The predicted molar refractivity (Wildman–Crippen MR) is 101 cm³/mol. The fourth-order valence-corrected chi connectivity index (χ4v) is 2.76. The predicted octanol–water partition coefficient (Wildman–Crippen LogP) is 3.69. The fourth-order valence-electron chi connectivity index (χ4n) is 2.76. The van der Waals surface area contributed by atoms with Crippen LogP contribution in [0.4, 0.5) is 0 Å². The zero-order valence-electron chi connectivity index (χ0n) is 15.5. The van der Waals surface area contributed by atoms with Gasteiger partial charge in [-0.15, -0.1) is 0 Å². The van der Waals surface area contributed by atoms with E-state index < -0.39 is 0 Å². The Morgan fingerprint density at radius 2 is 1.64 bits per heavy atom. The van der Waals surface area contributed by atoms with Crippen LogP contribution in [0.15, 0.2) is 54.6 Å². The second-order valence-electron chi connectivity index (χ2n) is 6.59. The van der Waals surface area contributed by atoms with Crippen LogP contribution in [0.25, 0.3) is 0 Å². The first kappa shape index (κ1) is 19.0. The molecule has 134 valence electrons. The molecule has 0 aliphatic rings. The third-order valence-electron chi connectivity index (χ3n) is 4.27. The Balaban J connectivity index is 1.91. The zero-order valence-corrected chi connectivity index (χ0v) is 15.5. The Morgan fingerprint density at radius 1 is 1.00 bits per heavy atom. The van der Waals surface area contributed by atoms with Crippen molar-refractivity contribution in [2.75, 3.05) is 7.11 Å². The average Bonchev–Trinajstić information content (AvgIpc) is 2.64. The van der Waals surface area contributed by atoms with Crippen LogP contribution >= 0.6 is 0 Å². The quantitative estimate of drug-likeness (QED) is 0.770. The van der Waals surface area contributed by atoms with Crippen molar-refractivity contribution >= 4 is 5.91 Å². The zero-order chi connectivity index (χ0) is 18.2. The highest BCUT2D eigenvalue weighted by Crippen LogP contribution is 2.22. The average molecular weight is 340 g/mol. The van der Waals surface area contributed by atoms with E-state index in [4.69, 9.17) is 4.74 Å². The number of nitrogens with one attached hydrogen (secondary N) is 2. The van der Waals surface area contributed by atoms with Crippen LogP contribution in [-0.4, -0.2) is 19.1 Å². The van der Waals surface area contributed by atoms with E-state index in [-0.39, 0.29) is 18.0 Å². The van der Waals surface area contributed by atoms with E-state index >= 15 is 0 Å². The number of amides is 1. The summed E-state index contributed by atoms with van der Waals surface area (Å²) in [5.41, 5.74) is 2.25. The third-order valence-corrected chi connectivity index (χ3v) is 4.27. The van der Waals surface area contributed by atoms with E-state index in [1.54, 1.807) is 7.11 Å². The molecule has 0 fully saturated rings. The van der Waals surface area contributed by atoms with Crippen molar-refractivity contribution in [1.29, 1.82) is 0 Å². The minimum Gasteiger partial charge on any atom is -0.497 e. The van der Waals surface area contributed by atoms with Gasteiger partial charge < -0.3 is 10.1 Å². The van der Waals surface area contributed by atoms with Gasteiger partial charge in [-0.25, -0.2) is 0 Å². The number of hydrogen-bond donors (Lipinski definition) is 2. The maximum absolute atomic E-state index is 12.4. The largest absolute Gasteiger partial charge is 0.497 e. The van der Waals surface area contributed by atoms with Crippen LogP contribution in [0.5, 0.6) is 5.75 Å². The highest BCUT2D eigenvalue weighted by atomic mass is 16.5. The van der Waals surface area contributed by atoms with E-state index in [9.17, 15) is 4.79 Å². The summed E-state index contributed by atoms with van der Waals surface area (Å²) in [5, 5.41) is 6.44. The molecule has 2 rings (SSSR count). The van der Waals surface area contributed by atoms with Crippen molar-refractivity contribution < 1.29 is 9.53 Å². The Bertz CT molecular complexity index is 653. The minimum atomic E-state index is -0.272. The molecule has 4 heteroatoms. The minimum absolute atomic E-state index is 0.00241. The Morgan fingerprint density at radius 3 is 2.20 bits per heavy atom. The van der Waals surface area contributed by atoms with Crippen molar-refractivity contribution in [2.45, 2.75) is 39.4 Å². The third kappa shape index (κ3) is 5.61. The van der Waals surface area contributed by atoms with Gasteiger partial charge in [0, 0.05) is 12.6 Å². The van der Waals surface area contributed by atoms with Crippen LogP contribution in [0, 0.1) is 5.92 Å². The maximum Gasteiger partial charge on any atom is 0.237 e. The van der Waals surface area contributed by atoms with Crippen LogP contribution in [0.3, 0.4) is 0 Å². The Hall–Kier alpha value is -2.33. The molecule has 0 saturated heterocycles. The van der Waals surface area contributed by atoms with Gasteiger partial charge in [-0.1, -0.05) is 56.3 Å². The van der Waals surface area contributed by atoms with E-state index in [1.807, 2.05) is 49.4 Å². The van der Waals surface area contributed by atoms with E-state index in [1.165, 1.54) is 5.56 Å². The normalized spacial score (nSPS) is 13.3. The fraction of sp³-hybridized carbons (Fsp3) is 0.381. The van der Waals surface area contributed by atoms with Crippen LogP contribution in [-0.2, 0) is 11.3 Å². The van der Waals surface area contributed by atoms with E-state index in [2.05, 4.69) is 36.6 Å². The molecule has 0 spiro atoms. The molecule has 2 aromatic carbocycles. The standard InChI is InChI=1S/C21H28N2O2/c1-15(2)20(18-8-6-5-7-9-18)23-16(3)21(24)22-14-17-10-12-19(25-4)13-11-17/h5-13,15-16,20,23H,14H2,1-4H3,(H,22,24)/t16-,20-/m0/s1. The van der Waals surface area contributed by atoms with Crippen molar-refractivity contribution in [3.05, 3.63) is 65.7 Å². The molecule has 0 aliphatic heterocycles. The van der Waals surface area contributed by atoms with Crippen molar-refractivity contribution in [3.63, 3.8) is 0 Å². The molecule has 0 unspecified atom stereocenters. The number of hydrogen-bond acceptors (Lipinski definition) is 3. The first-order valence-corrected chi connectivity index (χ1v) is 8.73. The topological polar surface area (TPSA) is 50.4 Å². The molecule has 2 N–H and O–H groups in total. The monoisotopic (exact) mass is 340 g/mol. The molecular formula is C21H28N2O2. The van der Waals surface area contributed by atoms with E-state index in [0.29, 0.717) is 12.5 Å². The van der Waals surface area contributed by atoms with Crippen molar-refractivity contribution in [1.82, 2.24) is 10.6 Å². The molecule has 1 amide bonds. The lowest BCUT2D eigenvalue weighted by Gasteiger charge is -2.26. The molecule has 0 radical (unpaired) electrons. The van der Waals surface area contributed by atoms with Gasteiger partial charge >= 0.3 is 0 Å². The number of carbonyl (C=O) groups excluding carboxylic acids is 1. The second kappa shape index (κ2) is 9.23. The molecule has 4 nitrogen and oxygen atoms in total. The van der Waals surface area contributed by atoms with Crippen molar-refractivity contribution in [2.24, 2.45) is 5.92 Å². The molecule has 0 aromatic heterocycles. The van der Waals surface area contributed by atoms with Gasteiger partial charge in [0.15, 0.2) is 0 Å². The van der Waals surface area contributed by atoms with Gasteiger partial charge in [-0.2, -0.15) is 0 Å². The molecule has 2 aromatic rings. The van der Waals surface area contributed by atoms with Crippen LogP contribution < -0.4 is 15.4 Å². The number of carbonyl (C=O) groups is 1. The number of rotatable bonds is 8. The Labute approximate surface area is 150 Å². The summed E-state index contributed by atoms with van der Waals surface area (Å²) in [6.07, 6.45) is 0. The van der Waals surface area contributed by atoms with Gasteiger partial charge in [-0.05, 0) is 36.1 Å². The van der Waals surface area contributed by atoms with Crippen LogP contribution in [0.1, 0.15) is 37.9 Å².